The molecular weight excluding hydrogens is 197 g/mol. The molecule has 1 aromatic heterocycles. The van der Waals surface area contributed by atoms with Gasteiger partial charge in [0.2, 0.25) is 5.09 Å². The van der Waals surface area contributed by atoms with E-state index >= 15 is 0 Å². The fourth-order valence-corrected chi connectivity index (χ4v) is 1.01. The maximum Gasteiger partial charge on any atom is 0.365 e. The van der Waals surface area contributed by atoms with Crippen LogP contribution in [-0.4, -0.2) is 8.42 Å². The average molecular weight is 200 g/mol. The highest BCUT2D eigenvalue weighted by Crippen LogP contribution is 2.24. The second-order valence-corrected chi connectivity index (χ2v) is 3.17. The van der Waals surface area contributed by atoms with Crippen molar-refractivity contribution >= 4 is 10.2 Å². The molecule has 0 radical (unpaired) electrons. The van der Waals surface area contributed by atoms with E-state index in [2.05, 4.69) is 4.42 Å². The molecule has 0 fully saturated rings. The van der Waals surface area contributed by atoms with Gasteiger partial charge in [0.05, 0.1) is 0 Å². The van der Waals surface area contributed by atoms with E-state index in [0.29, 0.717) is 12.1 Å². The first-order valence-corrected chi connectivity index (χ1v) is 4.12. The fraction of sp³-hybridized carbons (Fsp3) is 0.200. The number of furan rings is 1. The molecule has 0 aliphatic heterocycles. The molecule has 1 rings (SSSR count). The number of hydrogen-bond donors (Lipinski definition) is 0. The van der Waals surface area contributed by atoms with Crippen LogP contribution in [0.25, 0.3) is 0 Å². The van der Waals surface area contributed by atoms with Crippen molar-refractivity contribution in [3.8, 4) is 0 Å². The Morgan fingerprint density at radius 1 is 1.33 bits per heavy atom. The molecule has 0 unspecified atom stereocenters. The van der Waals surface area contributed by atoms with Gasteiger partial charge in [-0.25, -0.2) is 8.78 Å². The van der Waals surface area contributed by atoms with Gasteiger partial charge in [0.1, 0.15) is 0 Å². The van der Waals surface area contributed by atoms with E-state index in [9.17, 15) is 21.1 Å². The number of halogens is 3. The van der Waals surface area contributed by atoms with E-state index in [4.69, 9.17) is 0 Å². The van der Waals surface area contributed by atoms with E-state index in [1.165, 1.54) is 0 Å². The first-order valence-electron chi connectivity index (χ1n) is 2.74. The summed E-state index contributed by atoms with van der Waals surface area (Å²) in [6, 6.07) is 1.34. The Hall–Kier alpha value is -0.980. The molecular formula is C5H3F3O3S. The van der Waals surface area contributed by atoms with Crippen molar-refractivity contribution in [2.45, 2.75) is 11.5 Å². The SMILES string of the molecule is O=S(=O)(F)c1ccc(C(F)F)o1. The first-order chi connectivity index (χ1) is 5.41. The zero-order valence-corrected chi connectivity index (χ0v) is 6.32. The van der Waals surface area contributed by atoms with E-state index in [-0.39, 0.29) is 0 Å². The molecule has 0 aromatic carbocycles. The van der Waals surface area contributed by atoms with Crippen LogP contribution in [0.15, 0.2) is 21.6 Å². The van der Waals surface area contributed by atoms with Crippen molar-refractivity contribution in [2.24, 2.45) is 0 Å². The fourth-order valence-electron chi connectivity index (χ4n) is 0.583. The Labute approximate surface area is 66.0 Å². The summed E-state index contributed by atoms with van der Waals surface area (Å²) in [6.07, 6.45) is -2.94. The lowest BCUT2D eigenvalue weighted by atomic mass is 10.5. The predicted molar refractivity (Wildman–Crippen MR) is 32.0 cm³/mol. The molecule has 7 heteroatoms. The van der Waals surface area contributed by atoms with Crippen molar-refractivity contribution in [2.75, 3.05) is 0 Å². The van der Waals surface area contributed by atoms with Crippen LogP contribution < -0.4 is 0 Å². The van der Waals surface area contributed by atoms with Gasteiger partial charge in [-0.1, -0.05) is 3.89 Å². The van der Waals surface area contributed by atoms with Crippen LogP contribution in [-0.2, 0) is 10.2 Å². The third-order valence-electron chi connectivity index (χ3n) is 1.06. The van der Waals surface area contributed by atoms with Crippen molar-refractivity contribution in [3.05, 3.63) is 17.9 Å². The molecule has 0 aliphatic carbocycles. The standard InChI is InChI=1S/C5H3F3O3S/c6-5(7)3-1-2-4(11-3)12(8,9)10/h1-2,5H. The minimum absolute atomic E-state index is 0.636. The highest BCUT2D eigenvalue weighted by atomic mass is 32.3. The zero-order chi connectivity index (χ0) is 9.35. The molecule has 68 valence electrons. The van der Waals surface area contributed by atoms with Crippen molar-refractivity contribution < 1.29 is 25.5 Å². The summed E-state index contributed by atoms with van der Waals surface area (Å²) in [5.41, 5.74) is 0. The molecule has 0 N–H and O–H groups in total. The minimum atomic E-state index is -5.02. The van der Waals surface area contributed by atoms with Crippen LogP contribution in [0.3, 0.4) is 0 Å². The molecule has 0 saturated heterocycles. The lowest BCUT2D eigenvalue weighted by Gasteiger charge is -1.90. The first kappa shape index (κ1) is 9.11. The van der Waals surface area contributed by atoms with Gasteiger partial charge >= 0.3 is 10.2 Å². The highest BCUT2D eigenvalue weighted by Gasteiger charge is 2.20. The van der Waals surface area contributed by atoms with Gasteiger partial charge in [0.15, 0.2) is 5.76 Å². The molecule has 0 atom stereocenters. The zero-order valence-electron chi connectivity index (χ0n) is 5.50. The lowest BCUT2D eigenvalue weighted by molar-refractivity contribution is 0.116. The maximum absolute atomic E-state index is 12.0. The predicted octanol–water partition coefficient (Wildman–Crippen LogP) is 1.88. The quantitative estimate of drug-likeness (QED) is 0.684. The Morgan fingerprint density at radius 2 is 1.92 bits per heavy atom. The second-order valence-electron chi connectivity index (χ2n) is 1.90. The summed E-state index contributed by atoms with van der Waals surface area (Å²) in [7, 11) is -5.02. The third kappa shape index (κ3) is 1.79. The van der Waals surface area contributed by atoms with Gasteiger partial charge in [-0.2, -0.15) is 8.42 Å². The molecule has 0 spiro atoms. The van der Waals surface area contributed by atoms with E-state index in [1.807, 2.05) is 0 Å². The van der Waals surface area contributed by atoms with Crippen LogP contribution in [0.5, 0.6) is 0 Å². The van der Waals surface area contributed by atoms with Gasteiger partial charge in [0.25, 0.3) is 6.43 Å². The van der Waals surface area contributed by atoms with Gasteiger partial charge in [0, 0.05) is 0 Å². The molecule has 12 heavy (non-hydrogen) atoms. The van der Waals surface area contributed by atoms with Crippen LogP contribution in [0, 0.1) is 0 Å². The second kappa shape index (κ2) is 2.81. The topological polar surface area (TPSA) is 47.3 Å². The number of rotatable bonds is 2. The van der Waals surface area contributed by atoms with Crippen LogP contribution in [0.2, 0.25) is 0 Å². The normalized spacial score (nSPS) is 12.3. The molecule has 0 bridgehead atoms. The Kier molecular flexibility index (Phi) is 2.14. The van der Waals surface area contributed by atoms with Crippen molar-refractivity contribution in [1.29, 1.82) is 0 Å². The smallest absolute Gasteiger partial charge is 0.365 e. The molecule has 0 saturated carbocycles. The number of hydrogen-bond acceptors (Lipinski definition) is 3. The summed E-state index contributed by atoms with van der Waals surface area (Å²) in [5, 5.41) is -1.10. The summed E-state index contributed by atoms with van der Waals surface area (Å²) in [4.78, 5) is 0. The molecule has 1 heterocycles. The number of alkyl halides is 2. The van der Waals surface area contributed by atoms with Crippen LogP contribution >= 0.6 is 0 Å². The maximum atomic E-state index is 12.0. The summed E-state index contributed by atoms with van der Waals surface area (Å²) in [6.45, 7) is 0. The van der Waals surface area contributed by atoms with Gasteiger partial charge in [-0.15, -0.1) is 0 Å². The van der Waals surface area contributed by atoms with E-state index in [1.54, 1.807) is 0 Å². The van der Waals surface area contributed by atoms with E-state index < -0.39 is 27.5 Å². The van der Waals surface area contributed by atoms with Gasteiger partial charge in [-0.05, 0) is 12.1 Å². The molecule has 3 nitrogen and oxygen atoms in total. The third-order valence-corrected chi connectivity index (χ3v) is 1.76. The Balaban J connectivity index is 3.09. The molecule has 0 aliphatic rings. The Morgan fingerprint density at radius 3 is 2.17 bits per heavy atom. The summed E-state index contributed by atoms with van der Waals surface area (Å²) in [5.74, 6) is -0.869. The highest BCUT2D eigenvalue weighted by molar-refractivity contribution is 7.86. The summed E-state index contributed by atoms with van der Waals surface area (Å²) < 4.78 is 59.7. The minimum Gasteiger partial charge on any atom is -0.441 e. The van der Waals surface area contributed by atoms with Crippen LogP contribution in [0.1, 0.15) is 12.2 Å². The Bertz CT molecular complexity index is 367. The summed E-state index contributed by atoms with van der Waals surface area (Å²) >= 11 is 0. The van der Waals surface area contributed by atoms with Crippen molar-refractivity contribution in [3.63, 3.8) is 0 Å². The largest absolute Gasteiger partial charge is 0.441 e. The monoisotopic (exact) mass is 200 g/mol. The van der Waals surface area contributed by atoms with Gasteiger partial charge < -0.3 is 4.42 Å². The van der Waals surface area contributed by atoms with E-state index in [0.717, 1.165) is 0 Å². The lowest BCUT2D eigenvalue weighted by Crippen LogP contribution is -1.87. The van der Waals surface area contributed by atoms with Crippen molar-refractivity contribution in [1.82, 2.24) is 0 Å². The molecule has 0 amide bonds. The van der Waals surface area contributed by atoms with Gasteiger partial charge in [-0.3, -0.25) is 0 Å². The molecule has 1 aromatic rings. The van der Waals surface area contributed by atoms with Crippen LogP contribution in [0.4, 0.5) is 12.7 Å². The average Bonchev–Trinajstić information content (AvgIpc) is 2.30.